The van der Waals surface area contributed by atoms with Crippen molar-refractivity contribution in [2.75, 3.05) is 6.54 Å². The molecule has 2 N–H and O–H groups in total. The Balaban J connectivity index is 2.66. The fraction of sp³-hybridized carbons (Fsp3) is 0.200. The van der Waals surface area contributed by atoms with Crippen molar-refractivity contribution in [1.82, 2.24) is 5.32 Å². The van der Waals surface area contributed by atoms with Gasteiger partial charge in [-0.3, -0.25) is 9.59 Å². The molecule has 0 aliphatic rings. The van der Waals surface area contributed by atoms with Gasteiger partial charge in [-0.25, -0.2) is 0 Å². The largest absolute Gasteiger partial charge is 0.481 e. The Kier molecular flexibility index (Phi) is 4.76. The number of hydrogen-bond donors (Lipinski definition) is 2. The summed E-state index contributed by atoms with van der Waals surface area (Å²) in [5, 5.41) is 11.2. The molecule has 0 saturated heterocycles. The molecular weight excluding hydrogens is 297 g/mol. The first-order chi connectivity index (χ1) is 7.52. The Morgan fingerprint density at radius 2 is 2.12 bits per heavy atom. The smallest absolute Gasteiger partial charge is 0.305 e. The second kappa shape index (κ2) is 5.86. The summed E-state index contributed by atoms with van der Waals surface area (Å²) in [6.45, 7) is 0.0804. The monoisotopic (exact) mass is 305 g/mol. The zero-order chi connectivity index (χ0) is 12.1. The van der Waals surface area contributed by atoms with Gasteiger partial charge in [-0.1, -0.05) is 17.7 Å². The minimum Gasteiger partial charge on any atom is -0.481 e. The minimum absolute atomic E-state index is 0.0804. The van der Waals surface area contributed by atoms with Crippen LogP contribution in [0.5, 0.6) is 0 Å². The summed E-state index contributed by atoms with van der Waals surface area (Å²) in [4.78, 5) is 21.8. The average Bonchev–Trinajstić information content (AvgIpc) is 2.21. The maximum Gasteiger partial charge on any atom is 0.305 e. The van der Waals surface area contributed by atoms with Gasteiger partial charge in [0.15, 0.2) is 0 Å². The highest BCUT2D eigenvalue weighted by atomic mass is 79.9. The highest BCUT2D eigenvalue weighted by Gasteiger charge is 2.11. The van der Waals surface area contributed by atoms with Crippen LogP contribution in [0.2, 0.25) is 5.02 Å². The van der Waals surface area contributed by atoms with E-state index in [1.165, 1.54) is 0 Å². The van der Waals surface area contributed by atoms with Gasteiger partial charge >= 0.3 is 5.97 Å². The first-order valence-corrected chi connectivity index (χ1v) is 5.63. The van der Waals surface area contributed by atoms with Gasteiger partial charge in [0.2, 0.25) is 0 Å². The Morgan fingerprint density at radius 1 is 1.44 bits per heavy atom. The van der Waals surface area contributed by atoms with E-state index in [2.05, 4.69) is 21.2 Å². The summed E-state index contributed by atoms with van der Waals surface area (Å²) < 4.78 is 0.625. The Labute approximate surface area is 106 Å². The molecule has 0 aliphatic heterocycles. The first kappa shape index (κ1) is 13.0. The number of aliphatic carboxylic acids is 1. The van der Waals surface area contributed by atoms with Crippen molar-refractivity contribution in [3.8, 4) is 0 Å². The Hall–Kier alpha value is -1.07. The lowest BCUT2D eigenvalue weighted by molar-refractivity contribution is -0.136. The molecule has 1 amide bonds. The van der Waals surface area contributed by atoms with E-state index in [-0.39, 0.29) is 18.9 Å². The number of rotatable bonds is 4. The number of carboxylic acid groups (broad SMARTS) is 1. The molecule has 0 spiro atoms. The number of benzene rings is 1. The third-order valence-corrected chi connectivity index (χ3v) is 3.12. The van der Waals surface area contributed by atoms with Gasteiger partial charge in [0, 0.05) is 11.0 Å². The first-order valence-electron chi connectivity index (χ1n) is 4.46. The van der Waals surface area contributed by atoms with E-state index in [1.54, 1.807) is 18.2 Å². The van der Waals surface area contributed by atoms with Crippen molar-refractivity contribution < 1.29 is 14.7 Å². The van der Waals surface area contributed by atoms with Crippen molar-refractivity contribution in [3.63, 3.8) is 0 Å². The van der Waals surface area contributed by atoms with Crippen molar-refractivity contribution >= 4 is 39.4 Å². The number of hydrogen-bond acceptors (Lipinski definition) is 2. The average molecular weight is 307 g/mol. The van der Waals surface area contributed by atoms with Gasteiger partial charge in [-0.05, 0) is 28.1 Å². The summed E-state index contributed by atoms with van der Waals surface area (Å²) in [5.41, 5.74) is 0.321. The van der Waals surface area contributed by atoms with E-state index in [4.69, 9.17) is 16.7 Å². The molecule has 0 heterocycles. The zero-order valence-electron chi connectivity index (χ0n) is 8.17. The maximum absolute atomic E-state index is 11.6. The fourth-order valence-corrected chi connectivity index (χ4v) is 1.64. The molecule has 1 rings (SSSR count). The SMILES string of the molecule is O=C(O)CCNC(=O)c1cccc(Br)c1Cl. The van der Waals surface area contributed by atoms with Crippen molar-refractivity contribution in [2.45, 2.75) is 6.42 Å². The lowest BCUT2D eigenvalue weighted by atomic mass is 10.2. The number of nitrogens with one attached hydrogen (secondary N) is 1. The standard InChI is InChI=1S/C10H9BrClNO3/c11-7-3-1-2-6(9(7)12)10(16)13-5-4-8(14)15/h1-3H,4-5H2,(H,13,16)(H,14,15). The van der Waals surface area contributed by atoms with E-state index in [1.807, 2.05) is 0 Å². The van der Waals surface area contributed by atoms with Crippen LogP contribution in [0, 0.1) is 0 Å². The highest BCUT2D eigenvalue weighted by molar-refractivity contribution is 9.10. The van der Waals surface area contributed by atoms with E-state index >= 15 is 0 Å². The molecule has 16 heavy (non-hydrogen) atoms. The van der Waals surface area contributed by atoms with Gasteiger partial charge in [-0.2, -0.15) is 0 Å². The zero-order valence-corrected chi connectivity index (χ0v) is 10.5. The minimum atomic E-state index is -0.958. The van der Waals surface area contributed by atoms with E-state index in [0.29, 0.717) is 15.1 Å². The van der Waals surface area contributed by atoms with Gasteiger partial charge in [0.25, 0.3) is 5.91 Å². The fourth-order valence-electron chi connectivity index (χ4n) is 1.06. The number of carbonyl (C=O) groups excluding carboxylic acids is 1. The topological polar surface area (TPSA) is 66.4 Å². The summed E-state index contributed by atoms with van der Waals surface area (Å²) in [6.07, 6.45) is -0.114. The van der Waals surface area contributed by atoms with Crippen LogP contribution in [0.1, 0.15) is 16.8 Å². The van der Waals surface area contributed by atoms with Gasteiger partial charge in [-0.15, -0.1) is 0 Å². The second-order valence-electron chi connectivity index (χ2n) is 3.00. The molecule has 0 unspecified atom stereocenters. The molecule has 0 atom stereocenters. The maximum atomic E-state index is 11.6. The molecule has 1 aromatic carbocycles. The van der Waals surface area contributed by atoms with Crippen molar-refractivity contribution in [1.29, 1.82) is 0 Å². The van der Waals surface area contributed by atoms with Crippen LogP contribution < -0.4 is 5.32 Å². The number of carboxylic acids is 1. The number of amides is 1. The van der Waals surface area contributed by atoms with Crippen LogP contribution >= 0.6 is 27.5 Å². The lowest BCUT2D eigenvalue weighted by Crippen LogP contribution is -2.26. The van der Waals surface area contributed by atoms with Crippen molar-refractivity contribution in [3.05, 3.63) is 33.3 Å². The predicted octanol–water partition coefficient (Wildman–Crippen LogP) is 2.31. The van der Waals surface area contributed by atoms with Crippen LogP contribution in [-0.4, -0.2) is 23.5 Å². The van der Waals surface area contributed by atoms with Crippen LogP contribution in [-0.2, 0) is 4.79 Å². The molecule has 4 nitrogen and oxygen atoms in total. The molecule has 1 aromatic rings. The molecular formula is C10H9BrClNO3. The quantitative estimate of drug-likeness (QED) is 0.897. The van der Waals surface area contributed by atoms with Crippen LogP contribution in [0.15, 0.2) is 22.7 Å². The Morgan fingerprint density at radius 3 is 2.75 bits per heavy atom. The molecule has 0 bridgehead atoms. The molecule has 0 radical (unpaired) electrons. The predicted molar refractivity (Wildman–Crippen MR) is 63.7 cm³/mol. The normalized spacial score (nSPS) is 9.88. The Bertz CT molecular complexity index is 423. The lowest BCUT2D eigenvalue weighted by Gasteiger charge is -2.06. The second-order valence-corrected chi connectivity index (χ2v) is 4.23. The highest BCUT2D eigenvalue weighted by Crippen LogP contribution is 2.25. The molecule has 0 fully saturated rings. The summed E-state index contributed by atoms with van der Waals surface area (Å²) in [5.74, 6) is -1.34. The van der Waals surface area contributed by atoms with Crippen LogP contribution in [0.4, 0.5) is 0 Å². The van der Waals surface area contributed by atoms with Gasteiger partial charge < -0.3 is 10.4 Å². The van der Waals surface area contributed by atoms with Crippen LogP contribution in [0.25, 0.3) is 0 Å². The summed E-state index contributed by atoms with van der Waals surface area (Å²) >= 11 is 9.11. The number of halogens is 2. The molecule has 6 heteroatoms. The van der Waals surface area contributed by atoms with Crippen LogP contribution in [0.3, 0.4) is 0 Å². The summed E-state index contributed by atoms with van der Waals surface area (Å²) in [7, 11) is 0. The van der Waals surface area contributed by atoms with Gasteiger partial charge in [0.1, 0.15) is 0 Å². The number of carbonyl (C=O) groups is 2. The van der Waals surface area contributed by atoms with Gasteiger partial charge in [0.05, 0.1) is 17.0 Å². The molecule has 0 aliphatic carbocycles. The van der Waals surface area contributed by atoms with E-state index in [0.717, 1.165) is 0 Å². The van der Waals surface area contributed by atoms with E-state index < -0.39 is 5.97 Å². The molecule has 0 aromatic heterocycles. The third-order valence-electron chi connectivity index (χ3n) is 1.82. The van der Waals surface area contributed by atoms with Crippen molar-refractivity contribution in [2.24, 2.45) is 0 Å². The summed E-state index contributed by atoms with van der Waals surface area (Å²) in [6, 6.07) is 4.97. The third kappa shape index (κ3) is 3.50. The van der Waals surface area contributed by atoms with E-state index in [9.17, 15) is 9.59 Å². The molecule has 86 valence electrons. The molecule has 0 saturated carbocycles.